The molecule has 9 nitrogen and oxygen atoms in total. The Morgan fingerprint density at radius 1 is 0.944 bits per heavy atom. The number of aliphatic hydroxyl groups is 1. The summed E-state index contributed by atoms with van der Waals surface area (Å²) < 4.78 is 45.5. The highest BCUT2D eigenvalue weighted by Gasteiger charge is 2.54. The van der Waals surface area contributed by atoms with Gasteiger partial charge in [-0.05, 0) is 24.3 Å². The minimum atomic E-state index is -1.87. The van der Waals surface area contributed by atoms with Gasteiger partial charge in [-0.15, -0.1) is 0 Å². The van der Waals surface area contributed by atoms with Gasteiger partial charge in [-0.25, -0.2) is 13.6 Å². The second-order valence-corrected chi connectivity index (χ2v) is 8.12. The fourth-order valence-electron chi connectivity index (χ4n) is 4.38. The average Bonchev–Trinajstić information content (AvgIpc) is 3.14. The lowest BCUT2D eigenvalue weighted by molar-refractivity contribution is 0.0221. The highest BCUT2D eigenvalue weighted by atomic mass is 19.1. The third-order valence-electron chi connectivity index (χ3n) is 5.97. The topological polar surface area (TPSA) is 135 Å². The number of fused-ring (bicyclic) bond motifs is 6. The molecule has 0 fully saturated rings. The van der Waals surface area contributed by atoms with Gasteiger partial charge in [0.05, 0.1) is 36.5 Å². The molecule has 0 atom stereocenters. The lowest BCUT2D eigenvalue weighted by Crippen LogP contribution is -2.33. The Labute approximate surface area is 202 Å². The molecule has 0 saturated carbocycles. The van der Waals surface area contributed by atoms with Gasteiger partial charge in [0.25, 0.3) is 5.91 Å². The lowest BCUT2D eigenvalue weighted by atomic mass is 9.77. The van der Waals surface area contributed by atoms with E-state index in [9.17, 15) is 28.6 Å². The molecule has 4 N–H and O–H groups in total. The number of hydrogen-bond acceptors (Lipinski definition) is 8. The summed E-state index contributed by atoms with van der Waals surface area (Å²) in [5.41, 5.74) is -1.59. The smallest absolute Gasteiger partial charge is 0.340 e. The fourth-order valence-corrected chi connectivity index (χ4v) is 4.38. The zero-order valence-corrected chi connectivity index (χ0v) is 18.5. The zero-order valence-electron chi connectivity index (χ0n) is 18.5. The number of halogens is 2. The van der Waals surface area contributed by atoms with Crippen molar-refractivity contribution >= 4 is 11.9 Å². The maximum absolute atomic E-state index is 14.5. The Kier molecular flexibility index (Phi) is 5.73. The number of amides is 1. The van der Waals surface area contributed by atoms with Gasteiger partial charge < -0.3 is 34.8 Å². The number of carbonyl (C=O) groups is 2. The Hall–Kier alpha value is -4.22. The number of phenols is 2. The Balaban J connectivity index is 1.61. The van der Waals surface area contributed by atoms with E-state index in [1.807, 2.05) is 0 Å². The number of carbonyl (C=O) groups excluding carboxylic acids is 2. The van der Waals surface area contributed by atoms with Gasteiger partial charge in [0, 0.05) is 29.8 Å². The van der Waals surface area contributed by atoms with Crippen molar-refractivity contribution in [3.05, 3.63) is 81.9 Å². The molecule has 2 heterocycles. The monoisotopic (exact) mass is 499 g/mol. The van der Waals surface area contributed by atoms with Crippen LogP contribution in [0.3, 0.4) is 0 Å². The molecule has 1 spiro atoms. The van der Waals surface area contributed by atoms with Crippen molar-refractivity contribution < 1.29 is 47.9 Å². The molecule has 36 heavy (non-hydrogen) atoms. The number of aliphatic hydroxyl groups excluding tert-OH is 1. The van der Waals surface area contributed by atoms with Crippen molar-refractivity contribution in [3.8, 4) is 23.0 Å². The summed E-state index contributed by atoms with van der Waals surface area (Å²) >= 11 is 0. The molecule has 0 radical (unpaired) electrons. The number of esters is 1. The maximum Gasteiger partial charge on any atom is 0.340 e. The maximum atomic E-state index is 14.5. The van der Waals surface area contributed by atoms with E-state index in [1.165, 1.54) is 18.2 Å². The first-order valence-corrected chi connectivity index (χ1v) is 10.8. The molecule has 2 aliphatic heterocycles. The van der Waals surface area contributed by atoms with E-state index in [0.717, 1.165) is 24.3 Å². The molecule has 5 rings (SSSR count). The minimum Gasteiger partial charge on any atom is -0.505 e. The molecule has 1 amide bonds. The summed E-state index contributed by atoms with van der Waals surface area (Å²) in [7, 11) is 0. The fraction of sp³-hybridized carbons (Fsp3) is 0.200. The molecule has 0 aromatic heterocycles. The van der Waals surface area contributed by atoms with Crippen LogP contribution in [0.15, 0.2) is 42.5 Å². The third-order valence-corrected chi connectivity index (χ3v) is 5.97. The summed E-state index contributed by atoms with van der Waals surface area (Å²) in [6.07, 6.45) is 0. The summed E-state index contributed by atoms with van der Waals surface area (Å²) in [5.74, 6) is -5.00. The molecule has 3 aromatic rings. The van der Waals surface area contributed by atoms with Crippen molar-refractivity contribution in [3.63, 3.8) is 0 Å². The lowest BCUT2D eigenvalue weighted by Gasteiger charge is -2.36. The Bertz CT molecular complexity index is 1350. The molecule has 0 bridgehead atoms. The summed E-state index contributed by atoms with van der Waals surface area (Å²) in [6, 6.07) is 7.99. The first-order valence-electron chi connectivity index (χ1n) is 10.8. The number of ether oxygens (including phenoxy) is 3. The van der Waals surface area contributed by atoms with Crippen LogP contribution in [0.5, 0.6) is 23.0 Å². The van der Waals surface area contributed by atoms with Gasteiger partial charge in [0.2, 0.25) is 0 Å². The Morgan fingerprint density at radius 3 is 2.19 bits per heavy atom. The number of rotatable bonds is 6. The molecule has 186 valence electrons. The van der Waals surface area contributed by atoms with Gasteiger partial charge in [0.1, 0.15) is 11.5 Å². The van der Waals surface area contributed by atoms with E-state index in [4.69, 9.17) is 19.3 Å². The van der Waals surface area contributed by atoms with Crippen molar-refractivity contribution in [1.82, 2.24) is 5.32 Å². The summed E-state index contributed by atoms with van der Waals surface area (Å²) in [4.78, 5) is 25.6. The predicted molar refractivity (Wildman–Crippen MR) is 118 cm³/mol. The normalized spacial score (nSPS) is 14.5. The number of benzene rings is 3. The van der Waals surface area contributed by atoms with E-state index in [-0.39, 0.29) is 65.7 Å². The van der Waals surface area contributed by atoms with Gasteiger partial charge in [-0.3, -0.25) is 4.79 Å². The van der Waals surface area contributed by atoms with Crippen molar-refractivity contribution in [2.75, 3.05) is 26.4 Å². The second-order valence-electron chi connectivity index (χ2n) is 8.12. The summed E-state index contributed by atoms with van der Waals surface area (Å²) in [6.45, 7) is 0.319. The average molecular weight is 499 g/mol. The highest BCUT2D eigenvalue weighted by Crippen LogP contribution is 2.57. The highest BCUT2D eigenvalue weighted by molar-refractivity contribution is 6.01. The van der Waals surface area contributed by atoms with E-state index in [2.05, 4.69) is 5.32 Å². The number of hydrogen-bond donors (Lipinski definition) is 4. The molecule has 0 saturated heterocycles. The van der Waals surface area contributed by atoms with Crippen molar-refractivity contribution in [1.29, 1.82) is 0 Å². The minimum absolute atomic E-state index is 0.0132. The molecule has 11 heteroatoms. The van der Waals surface area contributed by atoms with Gasteiger partial charge >= 0.3 is 5.97 Å². The number of nitrogens with one attached hydrogen (secondary N) is 1. The van der Waals surface area contributed by atoms with E-state index in [1.54, 1.807) is 0 Å². The van der Waals surface area contributed by atoms with Crippen LogP contribution in [0, 0.1) is 11.6 Å². The van der Waals surface area contributed by atoms with Gasteiger partial charge in [0.15, 0.2) is 28.7 Å². The van der Waals surface area contributed by atoms with Crippen LogP contribution in [0.1, 0.15) is 37.4 Å². The van der Waals surface area contributed by atoms with Gasteiger partial charge in [-0.1, -0.05) is 6.07 Å². The van der Waals surface area contributed by atoms with Crippen LogP contribution in [-0.2, 0) is 15.1 Å². The largest absolute Gasteiger partial charge is 0.505 e. The first kappa shape index (κ1) is 23.5. The molecular weight excluding hydrogens is 480 g/mol. The molecule has 0 unspecified atom stereocenters. The standard InChI is InChI=1S/C25H19F2NO8/c26-17-8-15-21(10-19(17)30)35-22-11-20(31)18(27)9-16(22)25(15)14-2-1-12(7-13(14)24(33)36-25)23(32)28-3-5-34-6-4-29/h1-2,7-11,29-31H,3-6H2,(H,28,32). The molecule has 0 aliphatic carbocycles. The van der Waals surface area contributed by atoms with Crippen LogP contribution in [0.25, 0.3) is 0 Å². The van der Waals surface area contributed by atoms with Crippen molar-refractivity contribution in [2.45, 2.75) is 5.60 Å². The van der Waals surface area contributed by atoms with E-state index in [0.29, 0.717) is 0 Å². The number of phenolic OH excluding ortho intramolecular Hbond substituents is 2. The van der Waals surface area contributed by atoms with E-state index >= 15 is 0 Å². The van der Waals surface area contributed by atoms with E-state index < -0.39 is 40.6 Å². The SMILES string of the molecule is O=C(NCCOCCO)c1ccc2c(c1)C(=O)OC21c2cc(F)c(O)cc2Oc2cc(O)c(F)cc21. The van der Waals surface area contributed by atoms with Crippen LogP contribution in [0.2, 0.25) is 0 Å². The Morgan fingerprint density at radius 2 is 1.58 bits per heavy atom. The van der Waals surface area contributed by atoms with Crippen LogP contribution >= 0.6 is 0 Å². The van der Waals surface area contributed by atoms with Gasteiger partial charge in [-0.2, -0.15) is 0 Å². The zero-order chi connectivity index (χ0) is 25.6. The van der Waals surface area contributed by atoms with Crippen LogP contribution in [0.4, 0.5) is 8.78 Å². The second kappa shape index (κ2) is 8.77. The van der Waals surface area contributed by atoms with Crippen LogP contribution < -0.4 is 10.1 Å². The molecule has 3 aromatic carbocycles. The summed E-state index contributed by atoms with van der Waals surface area (Å²) in [5, 5.41) is 31.1. The predicted octanol–water partition coefficient (Wildman–Crippen LogP) is 2.68. The molecular formula is C25H19F2NO8. The first-order chi connectivity index (χ1) is 17.3. The third kappa shape index (κ3) is 3.60. The van der Waals surface area contributed by atoms with Crippen LogP contribution in [-0.4, -0.2) is 53.6 Å². The van der Waals surface area contributed by atoms with Crippen molar-refractivity contribution in [2.24, 2.45) is 0 Å². The quantitative estimate of drug-likeness (QED) is 0.301. The molecule has 2 aliphatic rings. The number of aromatic hydroxyl groups is 2.